The largest absolute Gasteiger partial charge is 0.376 e. The molecule has 8 nitrogen and oxygen atoms in total. The number of benzene rings is 1. The average molecular weight is 347 g/mol. The molecule has 2 aromatic rings. The van der Waals surface area contributed by atoms with E-state index in [1.807, 2.05) is 0 Å². The summed E-state index contributed by atoms with van der Waals surface area (Å²) in [5.74, 6) is -0.332. The highest BCUT2D eigenvalue weighted by molar-refractivity contribution is 7.92. The summed E-state index contributed by atoms with van der Waals surface area (Å²) >= 11 is 0. The molecule has 0 bridgehead atoms. The third kappa shape index (κ3) is 6.44. The van der Waals surface area contributed by atoms with Crippen LogP contribution in [0, 0.1) is 0 Å². The van der Waals surface area contributed by atoms with Crippen molar-refractivity contribution < 1.29 is 13.2 Å². The van der Waals surface area contributed by atoms with Gasteiger partial charge in [-0.15, -0.1) is 0 Å². The second kappa shape index (κ2) is 8.06. The molecule has 0 aliphatic heterocycles. The first-order valence-electron chi connectivity index (χ1n) is 6.96. The fourth-order valence-corrected chi connectivity index (χ4v) is 2.31. The molecular formula is C15H17N5O3S. The zero-order valence-corrected chi connectivity index (χ0v) is 13.7. The van der Waals surface area contributed by atoms with Crippen LogP contribution in [-0.4, -0.2) is 38.3 Å². The number of hydrogen-bond acceptors (Lipinski definition) is 6. The van der Waals surface area contributed by atoms with Crippen molar-refractivity contribution in [2.24, 2.45) is 5.10 Å². The predicted molar refractivity (Wildman–Crippen MR) is 93.4 cm³/mol. The Morgan fingerprint density at radius 3 is 2.62 bits per heavy atom. The highest BCUT2D eigenvalue weighted by Crippen LogP contribution is 2.15. The Hall–Kier alpha value is -2.94. The van der Waals surface area contributed by atoms with Gasteiger partial charge in [0.1, 0.15) is 0 Å². The van der Waals surface area contributed by atoms with Crippen LogP contribution in [0.4, 0.5) is 11.4 Å². The minimum atomic E-state index is -3.34. The van der Waals surface area contributed by atoms with E-state index < -0.39 is 10.0 Å². The molecule has 2 rings (SSSR count). The number of carbonyl (C=O) groups is 1. The highest BCUT2D eigenvalue weighted by Gasteiger charge is 2.03. The van der Waals surface area contributed by atoms with Crippen LogP contribution in [0.25, 0.3) is 0 Å². The molecular weight excluding hydrogens is 330 g/mol. The van der Waals surface area contributed by atoms with E-state index in [4.69, 9.17) is 0 Å². The average Bonchev–Trinajstić information content (AvgIpc) is 2.53. The van der Waals surface area contributed by atoms with Crippen LogP contribution >= 0.6 is 0 Å². The topological polar surface area (TPSA) is 113 Å². The molecule has 3 N–H and O–H groups in total. The van der Waals surface area contributed by atoms with E-state index in [0.717, 1.165) is 11.8 Å². The van der Waals surface area contributed by atoms with Crippen molar-refractivity contribution in [2.45, 2.75) is 0 Å². The van der Waals surface area contributed by atoms with Gasteiger partial charge in [-0.25, -0.2) is 13.8 Å². The van der Waals surface area contributed by atoms with E-state index in [-0.39, 0.29) is 12.5 Å². The van der Waals surface area contributed by atoms with Crippen LogP contribution in [0.1, 0.15) is 5.56 Å². The van der Waals surface area contributed by atoms with Crippen molar-refractivity contribution in [2.75, 3.05) is 22.8 Å². The van der Waals surface area contributed by atoms with Crippen molar-refractivity contribution in [3.63, 3.8) is 0 Å². The number of aromatic nitrogens is 1. The second-order valence-electron chi connectivity index (χ2n) is 4.88. The first kappa shape index (κ1) is 17.4. The number of nitrogens with zero attached hydrogens (tertiary/aromatic N) is 2. The van der Waals surface area contributed by atoms with Gasteiger partial charge in [0.2, 0.25) is 10.0 Å². The molecule has 0 aliphatic carbocycles. The lowest BCUT2D eigenvalue weighted by Gasteiger charge is -2.08. The number of amides is 1. The van der Waals surface area contributed by atoms with Gasteiger partial charge in [-0.3, -0.25) is 14.5 Å². The van der Waals surface area contributed by atoms with E-state index >= 15 is 0 Å². The maximum atomic E-state index is 11.7. The highest BCUT2D eigenvalue weighted by atomic mass is 32.2. The van der Waals surface area contributed by atoms with Crippen molar-refractivity contribution in [3.8, 4) is 0 Å². The number of sulfonamides is 1. The van der Waals surface area contributed by atoms with Gasteiger partial charge in [0, 0.05) is 18.1 Å². The van der Waals surface area contributed by atoms with Crippen molar-refractivity contribution in [3.05, 3.63) is 54.4 Å². The predicted octanol–water partition coefficient (Wildman–Crippen LogP) is 1.02. The Kier molecular flexibility index (Phi) is 5.85. The summed E-state index contributed by atoms with van der Waals surface area (Å²) < 4.78 is 24.8. The monoisotopic (exact) mass is 347 g/mol. The maximum absolute atomic E-state index is 11.7. The third-order valence-electron chi connectivity index (χ3n) is 2.73. The second-order valence-corrected chi connectivity index (χ2v) is 6.63. The molecule has 1 aromatic carbocycles. The molecule has 126 valence electrons. The number of nitrogens with one attached hydrogen (secondary N) is 3. The summed E-state index contributed by atoms with van der Waals surface area (Å²) in [5, 5.41) is 6.72. The lowest BCUT2D eigenvalue weighted by Crippen LogP contribution is -2.25. The summed E-state index contributed by atoms with van der Waals surface area (Å²) in [7, 11) is -3.34. The molecule has 0 saturated carbocycles. The molecule has 0 radical (unpaired) electrons. The Labute approximate surface area is 140 Å². The Morgan fingerprint density at radius 2 is 1.92 bits per heavy atom. The lowest BCUT2D eigenvalue weighted by atomic mass is 10.3. The molecule has 9 heteroatoms. The zero-order chi connectivity index (χ0) is 17.4. The van der Waals surface area contributed by atoms with Crippen molar-refractivity contribution in [1.29, 1.82) is 0 Å². The first-order valence-corrected chi connectivity index (χ1v) is 8.85. The van der Waals surface area contributed by atoms with Crippen LogP contribution in [0.3, 0.4) is 0 Å². The number of anilines is 2. The lowest BCUT2D eigenvalue weighted by molar-refractivity contribution is -0.119. The molecule has 0 fully saturated rings. The summed E-state index contributed by atoms with van der Waals surface area (Å²) in [4.78, 5) is 15.6. The molecule has 1 heterocycles. The fraction of sp³-hybridized carbons (Fsp3) is 0.133. The number of hydrogen-bond donors (Lipinski definition) is 3. The fourth-order valence-electron chi connectivity index (χ4n) is 1.76. The molecule has 0 unspecified atom stereocenters. The van der Waals surface area contributed by atoms with E-state index in [0.29, 0.717) is 11.4 Å². The molecule has 24 heavy (non-hydrogen) atoms. The quantitative estimate of drug-likeness (QED) is 0.511. The molecule has 0 saturated heterocycles. The van der Waals surface area contributed by atoms with Gasteiger partial charge in [0.25, 0.3) is 5.91 Å². The Bertz CT molecular complexity index is 822. The van der Waals surface area contributed by atoms with Crippen LogP contribution < -0.4 is 15.5 Å². The van der Waals surface area contributed by atoms with Gasteiger partial charge < -0.3 is 5.32 Å². The van der Waals surface area contributed by atoms with Crippen LogP contribution in [0.15, 0.2) is 53.9 Å². The first-order chi connectivity index (χ1) is 11.4. The van der Waals surface area contributed by atoms with Gasteiger partial charge in [-0.2, -0.15) is 5.10 Å². The number of rotatable bonds is 7. The number of pyridine rings is 1. The van der Waals surface area contributed by atoms with Crippen LogP contribution in [-0.2, 0) is 14.8 Å². The maximum Gasteiger partial charge on any atom is 0.259 e. The van der Waals surface area contributed by atoms with Gasteiger partial charge in [-0.05, 0) is 35.9 Å². The Morgan fingerprint density at radius 1 is 1.21 bits per heavy atom. The zero-order valence-electron chi connectivity index (χ0n) is 12.9. The van der Waals surface area contributed by atoms with Crippen molar-refractivity contribution in [1.82, 2.24) is 10.4 Å². The van der Waals surface area contributed by atoms with Gasteiger partial charge in [-0.1, -0.05) is 6.07 Å². The van der Waals surface area contributed by atoms with Crippen LogP contribution in [0.2, 0.25) is 0 Å². The van der Waals surface area contributed by atoms with Crippen LogP contribution in [0.5, 0.6) is 0 Å². The van der Waals surface area contributed by atoms with Gasteiger partial charge in [0.05, 0.1) is 24.7 Å². The molecule has 0 spiro atoms. The molecule has 1 amide bonds. The SMILES string of the molecule is CS(=O)(=O)Nc1cccc(NCC(=O)N/N=C/c2ccncc2)c1. The molecule has 0 aliphatic rings. The van der Waals surface area contributed by atoms with Gasteiger partial charge in [0.15, 0.2) is 0 Å². The minimum Gasteiger partial charge on any atom is -0.376 e. The summed E-state index contributed by atoms with van der Waals surface area (Å²) in [6.07, 6.45) is 5.84. The summed E-state index contributed by atoms with van der Waals surface area (Å²) in [6.45, 7) is -0.00395. The third-order valence-corrected chi connectivity index (χ3v) is 3.33. The summed E-state index contributed by atoms with van der Waals surface area (Å²) in [6, 6.07) is 10.1. The van der Waals surface area contributed by atoms with Crippen molar-refractivity contribution >= 4 is 33.5 Å². The number of carbonyl (C=O) groups excluding carboxylic acids is 1. The smallest absolute Gasteiger partial charge is 0.259 e. The van der Waals surface area contributed by atoms with E-state index in [1.165, 1.54) is 6.21 Å². The summed E-state index contributed by atoms with van der Waals surface area (Å²) in [5.41, 5.74) is 4.23. The van der Waals surface area contributed by atoms with E-state index in [2.05, 4.69) is 25.6 Å². The molecule has 1 aromatic heterocycles. The van der Waals surface area contributed by atoms with E-state index in [1.54, 1.807) is 48.8 Å². The molecule has 0 atom stereocenters. The van der Waals surface area contributed by atoms with E-state index in [9.17, 15) is 13.2 Å². The standard InChI is InChI=1S/C15H17N5O3S/c1-24(22,23)20-14-4-2-3-13(9-14)17-11-15(21)19-18-10-12-5-7-16-8-6-12/h2-10,17,20H,11H2,1H3,(H,19,21)/b18-10+. The minimum absolute atomic E-state index is 0.00395. The normalized spacial score (nSPS) is 11.2. The Balaban J connectivity index is 1.83. The number of hydrazone groups is 1. The van der Waals surface area contributed by atoms with Gasteiger partial charge >= 0.3 is 0 Å².